The van der Waals surface area contributed by atoms with Gasteiger partial charge in [-0.15, -0.1) is 0 Å². The van der Waals surface area contributed by atoms with Crippen LogP contribution in [0.4, 0.5) is 13.2 Å². The van der Waals surface area contributed by atoms with Crippen LogP contribution in [-0.2, 0) is 12.7 Å². The van der Waals surface area contributed by atoms with Crippen molar-refractivity contribution in [1.82, 2.24) is 4.98 Å². The van der Waals surface area contributed by atoms with E-state index in [0.29, 0.717) is 5.56 Å². The van der Waals surface area contributed by atoms with E-state index in [1.165, 1.54) is 6.07 Å². The van der Waals surface area contributed by atoms with Crippen LogP contribution in [-0.4, -0.2) is 4.98 Å². The van der Waals surface area contributed by atoms with E-state index in [1.807, 2.05) is 0 Å². The third kappa shape index (κ3) is 2.57. The van der Waals surface area contributed by atoms with Gasteiger partial charge in [0.25, 0.3) is 0 Å². The molecule has 0 aliphatic carbocycles. The molecule has 0 atom stereocenters. The second-order valence-electron chi connectivity index (χ2n) is 2.39. The summed E-state index contributed by atoms with van der Waals surface area (Å²) in [5.74, 6) is 0. The number of nitrogens with two attached hydrogens (primary N) is 1. The minimum absolute atomic E-state index is 0.00528. The first-order valence-electron chi connectivity index (χ1n) is 3.37. The monoisotopic (exact) mass is 210 g/mol. The average molecular weight is 211 g/mol. The highest BCUT2D eigenvalue weighted by molar-refractivity contribution is 6.29. The summed E-state index contributed by atoms with van der Waals surface area (Å²) in [6.45, 7) is 0.00528. The van der Waals surface area contributed by atoms with E-state index in [-0.39, 0.29) is 11.7 Å². The zero-order valence-corrected chi connectivity index (χ0v) is 7.15. The van der Waals surface area contributed by atoms with Crippen LogP contribution in [0.25, 0.3) is 0 Å². The van der Waals surface area contributed by atoms with Crippen molar-refractivity contribution >= 4 is 11.6 Å². The number of pyridine rings is 1. The van der Waals surface area contributed by atoms with E-state index in [9.17, 15) is 13.2 Å². The standard InChI is InChI=1S/C7H6ClF3N2/c8-6-2-4(3-12)1-5(13-6)7(9,10)11/h1-2H,3,12H2. The fourth-order valence-corrected chi connectivity index (χ4v) is 1.04. The molecule has 2 N–H and O–H groups in total. The van der Waals surface area contributed by atoms with Gasteiger partial charge >= 0.3 is 6.18 Å². The number of hydrogen-bond donors (Lipinski definition) is 1. The van der Waals surface area contributed by atoms with Crippen molar-refractivity contribution in [3.8, 4) is 0 Å². The van der Waals surface area contributed by atoms with E-state index >= 15 is 0 Å². The third-order valence-electron chi connectivity index (χ3n) is 1.38. The summed E-state index contributed by atoms with van der Waals surface area (Å²) in [5, 5.41) is -0.199. The highest BCUT2D eigenvalue weighted by Crippen LogP contribution is 2.29. The van der Waals surface area contributed by atoms with Crippen LogP contribution >= 0.6 is 11.6 Å². The zero-order valence-electron chi connectivity index (χ0n) is 6.40. The van der Waals surface area contributed by atoms with E-state index in [1.54, 1.807) is 0 Å². The van der Waals surface area contributed by atoms with Crippen LogP contribution in [0.3, 0.4) is 0 Å². The zero-order chi connectivity index (χ0) is 10.1. The molecule has 0 saturated heterocycles. The SMILES string of the molecule is NCc1cc(Cl)nc(C(F)(F)F)c1. The van der Waals surface area contributed by atoms with Crippen molar-refractivity contribution < 1.29 is 13.2 Å². The molecule has 0 saturated carbocycles. The molecule has 0 aliphatic heterocycles. The molecule has 72 valence electrons. The first kappa shape index (κ1) is 10.3. The maximum absolute atomic E-state index is 12.1. The third-order valence-corrected chi connectivity index (χ3v) is 1.57. The van der Waals surface area contributed by atoms with Gasteiger partial charge in [-0.3, -0.25) is 0 Å². The van der Waals surface area contributed by atoms with Gasteiger partial charge in [-0.2, -0.15) is 13.2 Å². The Bertz CT molecular complexity index is 311. The Morgan fingerprint density at radius 1 is 1.38 bits per heavy atom. The van der Waals surface area contributed by atoms with E-state index in [2.05, 4.69) is 4.98 Å². The van der Waals surface area contributed by atoms with Crippen molar-refractivity contribution in [1.29, 1.82) is 0 Å². The second kappa shape index (κ2) is 3.51. The first-order valence-corrected chi connectivity index (χ1v) is 3.75. The van der Waals surface area contributed by atoms with Crippen molar-refractivity contribution in [2.45, 2.75) is 12.7 Å². The molecule has 1 aromatic rings. The van der Waals surface area contributed by atoms with Crippen LogP contribution in [0, 0.1) is 0 Å². The lowest BCUT2D eigenvalue weighted by molar-refractivity contribution is -0.141. The Morgan fingerprint density at radius 3 is 2.46 bits per heavy atom. The predicted octanol–water partition coefficient (Wildman–Crippen LogP) is 2.21. The molecular weight excluding hydrogens is 205 g/mol. The van der Waals surface area contributed by atoms with Crippen LogP contribution in [0.1, 0.15) is 11.3 Å². The van der Waals surface area contributed by atoms with Crippen LogP contribution < -0.4 is 5.73 Å². The maximum atomic E-state index is 12.1. The van der Waals surface area contributed by atoms with Crippen LogP contribution in [0.2, 0.25) is 5.15 Å². The molecule has 0 bridgehead atoms. The van der Waals surface area contributed by atoms with Gasteiger partial charge in [-0.1, -0.05) is 11.6 Å². The van der Waals surface area contributed by atoms with E-state index in [0.717, 1.165) is 6.07 Å². The molecule has 0 aliphatic rings. The van der Waals surface area contributed by atoms with Gasteiger partial charge in [0.05, 0.1) is 0 Å². The Hall–Kier alpha value is -0.810. The van der Waals surface area contributed by atoms with Crippen LogP contribution in [0.15, 0.2) is 12.1 Å². The van der Waals surface area contributed by atoms with Gasteiger partial charge in [0, 0.05) is 6.54 Å². The quantitative estimate of drug-likeness (QED) is 0.722. The number of aromatic nitrogens is 1. The molecule has 0 aromatic carbocycles. The largest absolute Gasteiger partial charge is 0.433 e. The number of alkyl halides is 3. The topological polar surface area (TPSA) is 38.9 Å². The smallest absolute Gasteiger partial charge is 0.326 e. The minimum atomic E-state index is -4.48. The Balaban J connectivity index is 3.16. The number of rotatable bonds is 1. The molecular formula is C7H6ClF3N2. The fraction of sp³-hybridized carbons (Fsp3) is 0.286. The van der Waals surface area contributed by atoms with Gasteiger partial charge in [0.15, 0.2) is 0 Å². The molecule has 2 nitrogen and oxygen atoms in total. The second-order valence-corrected chi connectivity index (χ2v) is 2.77. The van der Waals surface area contributed by atoms with Crippen molar-refractivity contribution in [2.75, 3.05) is 0 Å². The molecule has 0 amide bonds. The van der Waals surface area contributed by atoms with Gasteiger partial charge in [0.2, 0.25) is 0 Å². The van der Waals surface area contributed by atoms with Gasteiger partial charge in [-0.25, -0.2) is 4.98 Å². The average Bonchev–Trinajstić information content (AvgIpc) is 2.01. The fourth-order valence-electron chi connectivity index (χ4n) is 0.813. The molecule has 13 heavy (non-hydrogen) atoms. The highest BCUT2D eigenvalue weighted by atomic mass is 35.5. The summed E-state index contributed by atoms with van der Waals surface area (Å²) in [6.07, 6.45) is -4.48. The summed E-state index contributed by atoms with van der Waals surface area (Å²) in [5.41, 5.74) is 4.48. The molecule has 0 spiro atoms. The molecule has 1 aromatic heterocycles. The lowest BCUT2D eigenvalue weighted by Gasteiger charge is -2.07. The summed E-state index contributed by atoms with van der Waals surface area (Å²) >= 11 is 5.37. The van der Waals surface area contributed by atoms with Crippen LogP contribution in [0.5, 0.6) is 0 Å². The van der Waals surface area contributed by atoms with Crippen molar-refractivity contribution in [3.05, 3.63) is 28.5 Å². The summed E-state index contributed by atoms with van der Waals surface area (Å²) in [6, 6.07) is 2.18. The number of halogens is 4. The van der Waals surface area contributed by atoms with Gasteiger partial charge in [0.1, 0.15) is 10.8 Å². The molecule has 6 heteroatoms. The number of nitrogens with zero attached hydrogens (tertiary/aromatic N) is 1. The number of hydrogen-bond acceptors (Lipinski definition) is 2. The van der Waals surface area contributed by atoms with Gasteiger partial charge < -0.3 is 5.73 Å². The lowest BCUT2D eigenvalue weighted by atomic mass is 10.2. The van der Waals surface area contributed by atoms with Crippen molar-refractivity contribution in [2.24, 2.45) is 5.73 Å². The highest BCUT2D eigenvalue weighted by Gasteiger charge is 2.32. The Morgan fingerprint density at radius 2 is 2.00 bits per heavy atom. The molecule has 0 unspecified atom stereocenters. The lowest BCUT2D eigenvalue weighted by Crippen LogP contribution is -2.09. The van der Waals surface area contributed by atoms with Gasteiger partial charge in [-0.05, 0) is 17.7 Å². The normalized spacial score (nSPS) is 11.8. The minimum Gasteiger partial charge on any atom is -0.326 e. The maximum Gasteiger partial charge on any atom is 0.433 e. The summed E-state index contributed by atoms with van der Waals surface area (Å²) in [7, 11) is 0. The molecule has 1 rings (SSSR count). The molecule has 0 radical (unpaired) electrons. The summed E-state index contributed by atoms with van der Waals surface area (Å²) < 4.78 is 36.4. The first-order chi connectivity index (χ1) is 5.93. The summed E-state index contributed by atoms with van der Waals surface area (Å²) in [4.78, 5) is 3.14. The predicted molar refractivity (Wildman–Crippen MR) is 42.1 cm³/mol. The Kier molecular flexibility index (Phi) is 2.77. The van der Waals surface area contributed by atoms with E-state index in [4.69, 9.17) is 17.3 Å². The van der Waals surface area contributed by atoms with Crippen molar-refractivity contribution in [3.63, 3.8) is 0 Å². The molecule has 0 fully saturated rings. The van der Waals surface area contributed by atoms with E-state index < -0.39 is 11.9 Å². The Labute approximate surface area is 77.5 Å². The molecule has 1 heterocycles.